The SMILES string of the molecule is CCCC1CCC(NC(=O)C(C)C2CCC(c3ccnc4ccc(F)cc34)CC2)C1. The lowest BCUT2D eigenvalue weighted by molar-refractivity contribution is -0.127. The van der Waals surface area contributed by atoms with Gasteiger partial charge in [0.15, 0.2) is 0 Å². The van der Waals surface area contributed by atoms with Crippen molar-refractivity contribution in [2.45, 2.75) is 83.6 Å². The van der Waals surface area contributed by atoms with Crippen LogP contribution in [0.2, 0.25) is 0 Å². The van der Waals surface area contributed by atoms with Gasteiger partial charge in [-0.2, -0.15) is 0 Å². The standard InChI is InChI=1S/C26H35FN2O/c1-3-4-18-5-11-22(15-18)29-26(30)17(2)19-6-8-20(9-7-19)23-13-14-28-25-12-10-21(27)16-24(23)25/h10,12-14,16-20,22H,3-9,11,15H2,1-2H3,(H,29,30). The Morgan fingerprint density at radius 1 is 1.17 bits per heavy atom. The van der Waals surface area contributed by atoms with Gasteiger partial charge in [-0.1, -0.05) is 26.7 Å². The van der Waals surface area contributed by atoms with Gasteiger partial charge >= 0.3 is 0 Å². The highest BCUT2D eigenvalue weighted by Crippen LogP contribution is 2.41. The second kappa shape index (κ2) is 9.45. The molecule has 162 valence electrons. The normalized spacial score (nSPS) is 27.8. The van der Waals surface area contributed by atoms with Crippen molar-refractivity contribution in [1.29, 1.82) is 0 Å². The van der Waals surface area contributed by atoms with Gasteiger partial charge in [0, 0.05) is 23.5 Å². The summed E-state index contributed by atoms with van der Waals surface area (Å²) in [6, 6.07) is 7.29. The van der Waals surface area contributed by atoms with Crippen LogP contribution in [-0.2, 0) is 4.79 Å². The number of rotatable bonds is 6. The summed E-state index contributed by atoms with van der Waals surface area (Å²) in [6.45, 7) is 4.35. The lowest BCUT2D eigenvalue weighted by atomic mass is 9.73. The molecule has 2 saturated carbocycles. The fourth-order valence-electron chi connectivity index (χ4n) is 5.85. The maximum absolute atomic E-state index is 13.8. The largest absolute Gasteiger partial charge is 0.353 e. The summed E-state index contributed by atoms with van der Waals surface area (Å²) in [7, 11) is 0. The van der Waals surface area contributed by atoms with E-state index in [9.17, 15) is 9.18 Å². The molecule has 3 nitrogen and oxygen atoms in total. The third-order valence-corrected chi connectivity index (χ3v) is 7.65. The van der Waals surface area contributed by atoms with Gasteiger partial charge in [0.25, 0.3) is 0 Å². The van der Waals surface area contributed by atoms with Crippen molar-refractivity contribution in [3.63, 3.8) is 0 Å². The molecule has 1 aromatic heterocycles. The Labute approximate surface area is 179 Å². The van der Waals surface area contributed by atoms with E-state index in [4.69, 9.17) is 0 Å². The molecular weight excluding hydrogens is 375 g/mol. The fraction of sp³-hybridized carbons (Fsp3) is 0.615. The Kier molecular flexibility index (Phi) is 6.70. The average Bonchev–Trinajstić information content (AvgIpc) is 3.20. The molecule has 3 unspecified atom stereocenters. The van der Waals surface area contributed by atoms with Crippen LogP contribution < -0.4 is 5.32 Å². The first kappa shape index (κ1) is 21.3. The van der Waals surface area contributed by atoms with Gasteiger partial charge in [-0.05, 0) is 92.5 Å². The Bertz CT molecular complexity index is 874. The molecule has 1 N–H and O–H groups in total. The summed E-state index contributed by atoms with van der Waals surface area (Å²) in [6.07, 6.45) is 12.2. The lowest BCUT2D eigenvalue weighted by Crippen LogP contribution is -2.39. The summed E-state index contributed by atoms with van der Waals surface area (Å²) in [5.74, 6) is 1.78. The predicted octanol–water partition coefficient (Wildman–Crippen LogP) is 6.37. The van der Waals surface area contributed by atoms with Gasteiger partial charge in [0.05, 0.1) is 5.52 Å². The van der Waals surface area contributed by atoms with Gasteiger partial charge in [0.1, 0.15) is 5.82 Å². The fourth-order valence-corrected chi connectivity index (χ4v) is 5.85. The van der Waals surface area contributed by atoms with Crippen molar-refractivity contribution in [1.82, 2.24) is 10.3 Å². The molecule has 1 heterocycles. The van der Waals surface area contributed by atoms with Crippen molar-refractivity contribution in [2.75, 3.05) is 0 Å². The monoisotopic (exact) mass is 410 g/mol. The Morgan fingerprint density at radius 2 is 1.97 bits per heavy atom. The number of halogens is 1. The maximum Gasteiger partial charge on any atom is 0.223 e. The first-order chi connectivity index (χ1) is 14.5. The summed E-state index contributed by atoms with van der Waals surface area (Å²) < 4.78 is 13.8. The van der Waals surface area contributed by atoms with E-state index in [2.05, 4.69) is 30.2 Å². The van der Waals surface area contributed by atoms with Gasteiger partial charge in [-0.3, -0.25) is 9.78 Å². The highest BCUT2D eigenvalue weighted by Gasteiger charge is 2.32. The number of fused-ring (bicyclic) bond motifs is 1. The van der Waals surface area contributed by atoms with Crippen LogP contribution in [0.3, 0.4) is 0 Å². The van der Waals surface area contributed by atoms with E-state index in [1.165, 1.54) is 30.9 Å². The minimum atomic E-state index is -0.205. The van der Waals surface area contributed by atoms with Crippen LogP contribution in [0, 0.1) is 23.6 Å². The molecule has 4 rings (SSSR count). The molecule has 0 aliphatic heterocycles. The molecule has 0 radical (unpaired) electrons. The van der Waals surface area contributed by atoms with Crippen LogP contribution in [0.15, 0.2) is 30.5 Å². The minimum absolute atomic E-state index is 0.0720. The number of carbonyl (C=O) groups is 1. The van der Waals surface area contributed by atoms with E-state index in [0.717, 1.165) is 55.3 Å². The third kappa shape index (κ3) is 4.68. The number of nitrogens with zero attached hydrogens (tertiary/aromatic N) is 1. The number of pyridine rings is 1. The zero-order chi connectivity index (χ0) is 21.1. The van der Waals surface area contributed by atoms with E-state index >= 15 is 0 Å². The molecule has 2 fully saturated rings. The second-order valence-corrected chi connectivity index (χ2v) is 9.64. The molecule has 30 heavy (non-hydrogen) atoms. The molecule has 4 heteroatoms. The zero-order valence-electron chi connectivity index (χ0n) is 18.4. The van der Waals surface area contributed by atoms with E-state index in [-0.39, 0.29) is 17.6 Å². The summed E-state index contributed by atoms with van der Waals surface area (Å²) in [5, 5.41) is 4.29. The van der Waals surface area contributed by atoms with E-state index in [0.29, 0.717) is 17.9 Å². The Balaban J connectivity index is 1.33. The number of carbonyl (C=O) groups excluding carboxylic acids is 1. The summed E-state index contributed by atoms with van der Waals surface area (Å²) in [4.78, 5) is 17.3. The van der Waals surface area contributed by atoms with Crippen molar-refractivity contribution in [3.05, 3.63) is 41.8 Å². The van der Waals surface area contributed by atoms with Crippen molar-refractivity contribution < 1.29 is 9.18 Å². The van der Waals surface area contributed by atoms with Crippen molar-refractivity contribution in [3.8, 4) is 0 Å². The van der Waals surface area contributed by atoms with E-state index in [1.54, 1.807) is 12.1 Å². The molecule has 1 aromatic carbocycles. The minimum Gasteiger partial charge on any atom is -0.353 e. The topological polar surface area (TPSA) is 42.0 Å². The maximum atomic E-state index is 13.8. The summed E-state index contributed by atoms with van der Waals surface area (Å²) >= 11 is 0. The quantitative estimate of drug-likeness (QED) is 0.601. The van der Waals surface area contributed by atoms with Crippen LogP contribution in [0.4, 0.5) is 4.39 Å². The highest BCUT2D eigenvalue weighted by molar-refractivity contribution is 5.82. The lowest BCUT2D eigenvalue weighted by Gasteiger charge is -2.33. The van der Waals surface area contributed by atoms with Gasteiger partial charge in [0.2, 0.25) is 5.91 Å². The van der Waals surface area contributed by atoms with Crippen LogP contribution >= 0.6 is 0 Å². The van der Waals surface area contributed by atoms with E-state index in [1.807, 2.05) is 6.20 Å². The van der Waals surface area contributed by atoms with Crippen molar-refractivity contribution in [2.24, 2.45) is 17.8 Å². The molecule has 2 aliphatic rings. The molecule has 0 saturated heterocycles. The number of benzene rings is 1. The smallest absolute Gasteiger partial charge is 0.223 e. The first-order valence-electron chi connectivity index (χ1n) is 11.9. The van der Waals surface area contributed by atoms with Crippen LogP contribution in [0.5, 0.6) is 0 Å². The predicted molar refractivity (Wildman–Crippen MR) is 120 cm³/mol. The van der Waals surface area contributed by atoms with Crippen LogP contribution in [0.25, 0.3) is 10.9 Å². The molecule has 1 amide bonds. The van der Waals surface area contributed by atoms with E-state index < -0.39 is 0 Å². The Hall–Kier alpha value is -1.97. The molecule has 3 atom stereocenters. The average molecular weight is 411 g/mol. The van der Waals surface area contributed by atoms with Crippen LogP contribution in [0.1, 0.15) is 83.1 Å². The highest BCUT2D eigenvalue weighted by atomic mass is 19.1. The Morgan fingerprint density at radius 3 is 2.73 bits per heavy atom. The molecule has 2 aromatic rings. The third-order valence-electron chi connectivity index (χ3n) is 7.65. The zero-order valence-corrected chi connectivity index (χ0v) is 18.4. The second-order valence-electron chi connectivity index (χ2n) is 9.64. The number of aromatic nitrogens is 1. The van der Waals surface area contributed by atoms with Gasteiger partial charge < -0.3 is 5.32 Å². The van der Waals surface area contributed by atoms with Gasteiger partial charge in [-0.15, -0.1) is 0 Å². The molecule has 0 spiro atoms. The first-order valence-corrected chi connectivity index (χ1v) is 11.9. The molecule has 0 bridgehead atoms. The van der Waals surface area contributed by atoms with Crippen molar-refractivity contribution >= 4 is 16.8 Å². The molecular formula is C26H35FN2O. The van der Waals surface area contributed by atoms with Gasteiger partial charge in [-0.25, -0.2) is 4.39 Å². The number of amides is 1. The number of nitrogens with one attached hydrogen (secondary N) is 1. The molecule has 2 aliphatic carbocycles. The number of hydrogen-bond acceptors (Lipinski definition) is 2. The summed E-state index contributed by atoms with van der Waals surface area (Å²) in [5.41, 5.74) is 2.07. The van der Waals surface area contributed by atoms with Crippen LogP contribution in [-0.4, -0.2) is 16.9 Å². The number of hydrogen-bond donors (Lipinski definition) is 1.